The molecule has 0 spiro atoms. The summed E-state index contributed by atoms with van der Waals surface area (Å²) >= 11 is 0. The normalized spacial score (nSPS) is 11.1. The molecule has 0 aliphatic carbocycles. The number of unbranched alkanes of at least 4 members (excludes halogenated alkanes) is 1. The summed E-state index contributed by atoms with van der Waals surface area (Å²) in [6.45, 7) is 1.20. The van der Waals surface area contributed by atoms with Gasteiger partial charge in [-0.2, -0.15) is 0 Å². The minimum atomic E-state index is -0.0174. The van der Waals surface area contributed by atoms with Crippen molar-refractivity contribution in [1.29, 1.82) is 0 Å². The number of ketones is 2. The first kappa shape index (κ1) is 26.4. The fourth-order valence-electron chi connectivity index (χ4n) is 3.68. The van der Waals surface area contributed by atoms with Crippen LogP contribution in [0.4, 0.5) is 0 Å². The van der Waals surface area contributed by atoms with Gasteiger partial charge in [0.15, 0.2) is 11.6 Å². The summed E-state index contributed by atoms with van der Waals surface area (Å²) in [5.74, 6) is 1.56. The van der Waals surface area contributed by atoms with Crippen LogP contribution in [0.2, 0.25) is 0 Å². The number of rotatable bonds is 13. The zero-order valence-electron chi connectivity index (χ0n) is 21.2. The second kappa shape index (κ2) is 14.1. The number of ether oxygens (including phenoxy) is 2. The SMILES string of the molecule is O=C(/C=C/c1ccc(OCCCCOc2ccc(/C=C/C(=O)c3ccccc3)cc2)cc1)c1ccccc1. The zero-order chi connectivity index (χ0) is 26.4. The summed E-state index contributed by atoms with van der Waals surface area (Å²) in [5, 5.41) is 0. The molecule has 0 saturated carbocycles. The average Bonchev–Trinajstić information content (AvgIpc) is 2.98. The Hall–Kier alpha value is -4.70. The first-order chi connectivity index (χ1) is 18.7. The van der Waals surface area contributed by atoms with Gasteiger partial charge < -0.3 is 9.47 Å². The van der Waals surface area contributed by atoms with E-state index in [9.17, 15) is 9.59 Å². The Balaban J connectivity index is 1.12. The molecule has 38 heavy (non-hydrogen) atoms. The van der Waals surface area contributed by atoms with Crippen LogP contribution in [0.25, 0.3) is 12.2 Å². The van der Waals surface area contributed by atoms with Gasteiger partial charge in [0, 0.05) is 11.1 Å². The summed E-state index contributed by atoms with van der Waals surface area (Å²) in [6.07, 6.45) is 8.53. The van der Waals surface area contributed by atoms with Crippen molar-refractivity contribution in [3.63, 3.8) is 0 Å². The van der Waals surface area contributed by atoms with Gasteiger partial charge >= 0.3 is 0 Å². The molecular weight excluding hydrogens is 472 g/mol. The maximum absolute atomic E-state index is 12.2. The minimum Gasteiger partial charge on any atom is -0.494 e. The predicted molar refractivity (Wildman–Crippen MR) is 153 cm³/mol. The second-order valence-corrected chi connectivity index (χ2v) is 8.67. The summed E-state index contributed by atoms with van der Waals surface area (Å²) < 4.78 is 11.6. The first-order valence-electron chi connectivity index (χ1n) is 12.7. The van der Waals surface area contributed by atoms with E-state index in [0.29, 0.717) is 24.3 Å². The highest BCUT2D eigenvalue weighted by molar-refractivity contribution is 6.07. The second-order valence-electron chi connectivity index (χ2n) is 8.67. The quantitative estimate of drug-likeness (QED) is 0.107. The molecule has 0 aromatic heterocycles. The molecule has 0 bridgehead atoms. The molecule has 190 valence electrons. The highest BCUT2D eigenvalue weighted by Gasteiger charge is 2.01. The van der Waals surface area contributed by atoms with Gasteiger partial charge in [-0.25, -0.2) is 0 Å². The molecule has 0 fully saturated rings. The van der Waals surface area contributed by atoms with Gasteiger partial charge in [-0.3, -0.25) is 9.59 Å². The number of carbonyl (C=O) groups excluding carboxylic acids is 2. The molecule has 4 rings (SSSR count). The number of carbonyl (C=O) groups is 2. The van der Waals surface area contributed by atoms with Crippen molar-refractivity contribution in [2.75, 3.05) is 13.2 Å². The molecule has 4 heteroatoms. The van der Waals surface area contributed by atoms with Crippen LogP contribution in [0, 0.1) is 0 Å². The standard InChI is InChI=1S/C34H30O4/c35-33(29-9-3-1-4-10-29)23-17-27-13-19-31(20-14-27)37-25-7-8-26-38-32-21-15-28(16-22-32)18-24-34(36)30-11-5-2-6-12-30/h1-6,9-24H,7-8,25-26H2/b23-17+,24-18+. The summed E-state index contributed by atoms with van der Waals surface area (Å²) in [4.78, 5) is 24.4. The summed E-state index contributed by atoms with van der Waals surface area (Å²) in [5.41, 5.74) is 3.24. The smallest absolute Gasteiger partial charge is 0.185 e. The van der Waals surface area contributed by atoms with E-state index >= 15 is 0 Å². The van der Waals surface area contributed by atoms with Crippen LogP contribution in [0.1, 0.15) is 44.7 Å². The van der Waals surface area contributed by atoms with Gasteiger partial charge in [0.2, 0.25) is 0 Å². The van der Waals surface area contributed by atoms with Gasteiger partial charge in [-0.15, -0.1) is 0 Å². The summed E-state index contributed by atoms with van der Waals surface area (Å²) in [6, 6.07) is 33.8. The lowest BCUT2D eigenvalue weighted by Gasteiger charge is -2.08. The lowest BCUT2D eigenvalue weighted by atomic mass is 10.1. The van der Waals surface area contributed by atoms with E-state index in [1.807, 2.05) is 97.1 Å². The molecule has 0 unspecified atom stereocenters. The molecule has 0 radical (unpaired) electrons. The van der Waals surface area contributed by atoms with E-state index in [0.717, 1.165) is 35.5 Å². The lowest BCUT2D eigenvalue weighted by molar-refractivity contribution is 0.103. The Morgan fingerprint density at radius 2 is 0.868 bits per heavy atom. The molecule has 4 nitrogen and oxygen atoms in total. The number of hydrogen-bond donors (Lipinski definition) is 0. The topological polar surface area (TPSA) is 52.6 Å². The monoisotopic (exact) mass is 502 g/mol. The number of benzene rings is 4. The van der Waals surface area contributed by atoms with Crippen LogP contribution >= 0.6 is 0 Å². The van der Waals surface area contributed by atoms with Gasteiger partial charge in [-0.05, 0) is 60.4 Å². The molecule has 0 N–H and O–H groups in total. The Labute approximate surface area is 223 Å². The predicted octanol–water partition coefficient (Wildman–Crippen LogP) is 7.72. The molecule has 0 saturated heterocycles. The van der Waals surface area contributed by atoms with Crippen LogP contribution < -0.4 is 9.47 Å². The van der Waals surface area contributed by atoms with Gasteiger partial charge in [0.05, 0.1) is 13.2 Å². The molecule has 0 amide bonds. The van der Waals surface area contributed by atoms with Crippen LogP contribution in [0.5, 0.6) is 11.5 Å². The molecule has 0 aliphatic heterocycles. The zero-order valence-corrected chi connectivity index (χ0v) is 21.2. The van der Waals surface area contributed by atoms with Crippen LogP contribution in [-0.2, 0) is 0 Å². The van der Waals surface area contributed by atoms with Crippen molar-refractivity contribution >= 4 is 23.7 Å². The van der Waals surface area contributed by atoms with Crippen molar-refractivity contribution in [3.8, 4) is 11.5 Å². The lowest BCUT2D eigenvalue weighted by Crippen LogP contribution is -2.02. The van der Waals surface area contributed by atoms with E-state index in [4.69, 9.17) is 9.47 Å². The van der Waals surface area contributed by atoms with Gasteiger partial charge in [-0.1, -0.05) is 97.1 Å². The summed E-state index contributed by atoms with van der Waals surface area (Å²) in [7, 11) is 0. The van der Waals surface area contributed by atoms with Crippen LogP contribution in [0.15, 0.2) is 121 Å². The molecule has 0 heterocycles. The molecule has 4 aromatic rings. The maximum atomic E-state index is 12.2. The van der Waals surface area contributed by atoms with E-state index < -0.39 is 0 Å². The van der Waals surface area contributed by atoms with E-state index in [1.165, 1.54) is 0 Å². The van der Waals surface area contributed by atoms with Crippen molar-refractivity contribution in [1.82, 2.24) is 0 Å². The Morgan fingerprint density at radius 3 is 1.24 bits per heavy atom. The van der Waals surface area contributed by atoms with Crippen molar-refractivity contribution in [2.45, 2.75) is 12.8 Å². The van der Waals surface area contributed by atoms with Crippen molar-refractivity contribution < 1.29 is 19.1 Å². The third kappa shape index (κ3) is 8.45. The third-order valence-corrected chi connectivity index (χ3v) is 5.81. The fraction of sp³-hybridized carbons (Fsp3) is 0.118. The first-order valence-corrected chi connectivity index (χ1v) is 12.7. The van der Waals surface area contributed by atoms with Crippen molar-refractivity contribution in [2.24, 2.45) is 0 Å². The number of hydrogen-bond acceptors (Lipinski definition) is 4. The average molecular weight is 503 g/mol. The fourth-order valence-corrected chi connectivity index (χ4v) is 3.68. The minimum absolute atomic E-state index is 0.0174. The van der Waals surface area contributed by atoms with E-state index in [-0.39, 0.29) is 11.6 Å². The Kier molecular flexibility index (Phi) is 9.81. The third-order valence-electron chi connectivity index (χ3n) is 5.81. The maximum Gasteiger partial charge on any atom is 0.185 e. The van der Waals surface area contributed by atoms with Gasteiger partial charge in [0.25, 0.3) is 0 Å². The Morgan fingerprint density at radius 1 is 0.500 bits per heavy atom. The van der Waals surface area contributed by atoms with E-state index in [1.54, 1.807) is 36.4 Å². The van der Waals surface area contributed by atoms with Crippen LogP contribution in [0.3, 0.4) is 0 Å². The van der Waals surface area contributed by atoms with Crippen LogP contribution in [-0.4, -0.2) is 24.8 Å². The molecule has 0 aliphatic rings. The van der Waals surface area contributed by atoms with E-state index in [2.05, 4.69) is 0 Å². The molecule has 4 aromatic carbocycles. The highest BCUT2D eigenvalue weighted by atomic mass is 16.5. The molecular formula is C34H30O4. The Bertz CT molecular complexity index is 1240. The number of allylic oxidation sites excluding steroid dienone is 2. The van der Waals surface area contributed by atoms with Gasteiger partial charge in [0.1, 0.15) is 11.5 Å². The largest absolute Gasteiger partial charge is 0.494 e. The highest BCUT2D eigenvalue weighted by Crippen LogP contribution is 2.16. The molecule has 0 atom stereocenters. The van der Waals surface area contributed by atoms with Crippen molar-refractivity contribution in [3.05, 3.63) is 144 Å².